The molecule has 0 aromatic carbocycles. The first kappa shape index (κ1) is 11.3. The van der Waals surface area contributed by atoms with Gasteiger partial charge in [0.05, 0.1) is 5.69 Å². The summed E-state index contributed by atoms with van der Waals surface area (Å²) in [4.78, 5) is 4.77. The summed E-state index contributed by atoms with van der Waals surface area (Å²) in [7, 11) is 0. The lowest BCUT2D eigenvalue weighted by atomic mass is 9.90. The highest BCUT2D eigenvalue weighted by Crippen LogP contribution is 2.33. The molecule has 0 spiro atoms. The maximum Gasteiger partial charge on any atom is 0.106 e. The van der Waals surface area contributed by atoms with E-state index in [9.17, 15) is 0 Å². The van der Waals surface area contributed by atoms with Gasteiger partial charge in [0.15, 0.2) is 0 Å². The summed E-state index contributed by atoms with van der Waals surface area (Å²) in [6, 6.07) is 1.02. The fraction of sp³-hybridized carbons (Fsp3) is 0.786. The van der Waals surface area contributed by atoms with Gasteiger partial charge in [-0.05, 0) is 58.3 Å². The Balaban J connectivity index is 1.93. The van der Waals surface area contributed by atoms with Crippen LogP contribution >= 0.6 is 0 Å². The summed E-state index contributed by atoms with van der Waals surface area (Å²) in [6.07, 6.45) is 9.96. The largest absolute Gasteiger partial charge is 0.329 e. The third-order valence-electron chi connectivity index (χ3n) is 4.40. The molecular weight excluding hydrogens is 210 g/mol. The van der Waals surface area contributed by atoms with Crippen molar-refractivity contribution in [2.75, 3.05) is 0 Å². The van der Waals surface area contributed by atoms with E-state index < -0.39 is 0 Å². The van der Waals surface area contributed by atoms with Crippen LogP contribution in [0.1, 0.15) is 61.8 Å². The predicted molar refractivity (Wildman–Crippen MR) is 69.1 cm³/mol. The second-order valence-electron chi connectivity index (χ2n) is 5.71. The molecule has 0 bridgehead atoms. The lowest BCUT2D eigenvalue weighted by molar-refractivity contribution is 0.309. The molecule has 2 atom stereocenters. The van der Waals surface area contributed by atoms with Crippen LogP contribution in [0.3, 0.4) is 0 Å². The first-order valence-electron chi connectivity index (χ1n) is 7.08. The normalized spacial score (nSPS) is 29.1. The Hall–Kier alpha value is -0.830. The Morgan fingerprint density at radius 1 is 1.18 bits per heavy atom. The van der Waals surface area contributed by atoms with E-state index in [0.717, 1.165) is 6.42 Å². The SMILES string of the molecule is Cc1nc2c(n1C1CCCC(N)C1)CCCC2. The highest BCUT2D eigenvalue weighted by Gasteiger charge is 2.26. The van der Waals surface area contributed by atoms with Gasteiger partial charge < -0.3 is 10.3 Å². The van der Waals surface area contributed by atoms with E-state index in [1.165, 1.54) is 62.2 Å². The first-order valence-corrected chi connectivity index (χ1v) is 7.08. The molecule has 3 nitrogen and oxygen atoms in total. The number of hydrogen-bond acceptors (Lipinski definition) is 2. The molecule has 1 aromatic rings. The van der Waals surface area contributed by atoms with Crippen LogP contribution in [0.5, 0.6) is 0 Å². The Morgan fingerprint density at radius 2 is 2.00 bits per heavy atom. The molecule has 1 saturated carbocycles. The maximum absolute atomic E-state index is 6.12. The number of nitrogens with zero attached hydrogens (tertiary/aromatic N) is 2. The lowest BCUT2D eigenvalue weighted by Gasteiger charge is -2.30. The fourth-order valence-electron chi connectivity index (χ4n) is 3.62. The average molecular weight is 233 g/mol. The number of fused-ring (bicyclic) bond motifs is 1. The number of aryl methyl sites for hydroxylation is 2. The van der Waals surface area contributed by atoms with E-state index in [4.69, 9.17) is 10.7 Å². The van der Waals surface area contributed by atoms with Crippen molar-refractivity contribution >= 4 is 0 Å². The van der Waals surface area contributed by atoms with Gasteiger partial charge in [-0.3, -0.25) is 0 Å². The van der Waals surface area contributed by atoms with Crippen molar-refractivity contribution in [2.45, 2.75) is 70.4 Å². The zero-order chi connectivity index (χ0) is 11.8. The number of nitrogens with two attached hydrogens (primary N) is 1. The summed E-state index contributed by atoms with van der Waals surface area (Å²) < 4.78 is 2.52. The molecule has 1 aromatic heterocycles. The smallest absolute Gasteiger partial charge is 0.106 e. The highest BCUT2D eigenvalue weighted by molar-refractivity contribution is 5.21. The molecule has 0 amide bonds. The van der Waals surface area contributed by atoms with Gasteiger partial charge >= 0.3 is 0 Å². The van der Waals surface area contributed by atoms with E-state index in [1.807, 2.05) is 0 Å². The van der Waals surface area contributed by atoms with E-state index in [2.05, 4.69) is 11.5 Å². The minimum atomic E-state index is 0.398. The second kappa shape index (κ2) is 4.45. The third kappa shape index (κ3) is 2.01. The number of imidazole rings is 1. The van der Waals surface area contributed by atoms with Gasteiger partial charge in [0.1, 0.15) is 5.82 Å². The molecule has 1 fully saturated rings. The topological polar surface area (TPSA) is 43.8 Å². The van der Waals surface area contributed by atoms with Crippen molar-refractivity contribution in [3.05, 3.63) is 17.2 Å². The van der Waals surface area contributed by atoms with Crippen molar-refractivity contribution in [1.82, 2.24) is 9.55 Å². The van der Waals surface area contributed by atoms with Gasteiger partial charge in [0, 0.05) is 17.8 Å². The summed E-state index contributed by atoms with van der Waals surface area (Å²) in [6.45, 7) is 2.17. The molecule has 0 saturated heterocycles. The highest BCUT2D eigenvalue weighted by atomic mass is 15.1. The lowest BCUT2D eigenvalue weighted by Crippen LogP contribution is -2.30. The summed E-state index contributed by atoms with van der Waals surface area (Å²) in [5, 5.41) is 0. The Kier molecular flexibility index (Phi) is 2.95. The van der Waals surface area contributed by atoms with E-state index in [0.29, 0.717) is 12.1 Å². The van der Waals surface area contributed by atoms with Crippen molar-refractivity contribution < 1.29 is 0 Å². The minimum absolute atomic E-state index is 0.398. The summed E-state index contributed by atoms with van der Waals surface area (Å²) >= 11 is 0. The van der Waals surface area contributed by atoms with Crippen LogP contribution in [0.4, 0.5) is 0 Å². The maximum atomic E-state index is 6.12. The molecule has 2 N–H and O–H groups in total. The molecule has 3 heteroatoms. The molecule has 0 aliphatic heterocycles. The van der Waals surface area contributed by atoms with Crippen LogP contribution in [0, 0.1) is 6.92 Å². The van der Waals surface area contributed by atoms with Gasteiger partial charge in [-0.1, -0.05) is 0 Å². The van der Waals surface area contributed by atoms with E-state index in [-0.39, 0.29) is 0 Å². The molecule has 1 heterocycles. The molecule has 2 aliphatic carbocycles. The van der Waals surface area contributed by atoms with Crippen LogP contribution in [-0.2, 0) is 12.8 Å². The quantitative estimate of drug-likeness (QED) is 0.810. The standard InChI is InChI=1S/C14H23N3/c1-10-16-13-7-2-3-8-14(13)17(10)12-6-4-5-11(15)9-12/h11-12H,2-9,15H2,1H3. The molecule has 2 aliphatic rings. The monoisotopic (exact) mass is 233 g/mol. The van der Waals surface area contributed by atoms with E-state index >= 15 is 0 Å². The van der Waals surface area contributed by atoms with Crippen LogP contribution in [-0.4, -0.2) is 15.6 Å². The summed E-state index contributed by atoms with van der Waals surface area (Å²) in [5.41, 5.74) is 9.01. The van der Waals surface area contributed by atoms with Gasteiger partial charge in [-0.2, -0.15) is 0 Å². The minimum Gasteiger partial charge on any atom is -0.329 e. The van der Waals surface area contributed by atoms with Gasteiger partial charge in [-0.25, -0.2) is 4.98 Å². The third-order valence-corrected chi connectivity index (χ3v) is 4.40. The fourth-order valence-corrected chi connectivity index (χ4v) is 3.62. The van der Waals surface area contributed by atoms with Crippen molar-refractivity contribution in [3.8, 4) is 0 Å². The van der Waals surface area contributed by atoms with Gasteiger partial charge in [-0.15, -0.1) is 0 Å². The number of aromatic nitrogens is 2. The molecule has 3 rings (SSSR count). The second-order valence-corrected chi connectivity index (χ2v) is 5.71. The van der Waals surface area contributed by atoms with E-state index in [1.54, 1.807) is 0 Å². The van der Waals surface area contributed by atoms with Crippen LogP contribution in [0.15, 0.2) is 0 Å². The molecule has 2 unspecified atom stereocenters. The van der Waals surface area contributed by atoms with Crippen molar-refractivity contribution in [1.29, 1.82) is 0 Å². The number of rotatable bonds is 1. The van der Waals surface area contributed by atoms with Crippen LogP contribution in [0.25, 0.3) is 0 Å². The zero-order valence-electron chi connectivity index (χ0n) is 10.8. The first-order chi connectivity index (χ1) is 8.25. The van der Waals surface area contributed by atoms with Gasteiger partial charge in [0.25, 0.3) is 0 Å². The molecular formula is C14H23N3. The molecule has 17 heavy (non-hydrogen) atoms. The Bertz CT molecular complexity index is 408. The Morgan fingerprint density at radius 3 is 2.82 bits per heavy atom. The Labute approximate surface area is 103 Å². The predicted octanol–water partition coefficient (Wildman–Crippen LogP) is 2.51. The van der Waals surface area contributed by atoms with Crippen LogP contribution in [0.2, 0.25) is 0 Å². The van der Waals surface area contributed by atoms with Crippen LogP contribution < -0.4 is 5.73 Å². The summed E-state index contributed by atoms with van der Waals surface area (Å²) in [5.74, 6) is 1.22. The van der Waals surface area contributed by atoms with Gasteiger partial charge in [0.2, 0.25) is 0 Å². The molecule has 94 valence electrons. The average Bonchev–Trinajstić information content (AvgIpc) is 2.64. The zero-order valence-corrected chi connectivity index (χ0v) is 10.8. The molecule has 0 radical (unpaired) electrons. The van der Waals surface area contributed by atoms with Crippen molar-refractivity contribution in [2.24, 2.45) is 5.73 Å². The number of hydrogen-bond donors (Lipinski definition) is 1. The van der Waals surface area contributed by atoms with Crippen molar-refractivity contribution in [3.63, 3.8) is 0 Å².